The first kappa shape index (κ1) is 10.0. The SMILES string of the molecule is C#CC[C@H](N)c1nc2cc(Cl)ccc2[nH]1. The van der Waals surface area contributed by atoms with Gasteiger partial charge >= 0.3 is 0 Å². The van der Waals surface area contributed by atoms with E-state index >= 15 is 0 Å². The van der Waals surface area contributed by atoms with Crippen LogP contribution >= 0.6 is 11.6 Å². The molecule has 0 aliphatic carbocycles. The number of hydrogen-bond acceptors (Lipinski definition) is 2. The summed E-state index contributed by atoms with van der Waals surface area (Å²) >= 11 is 5.85. The molecule has 0 amide bonds. The normalized spacial score (nSPS) is 12.6. The van der Waals surface area contributed by atoms with E-state index in [-0.39, 0.29) is 6.04 Å². The summed E-state index contributed by atoms with van der Waals surface area (Å²) in [5, 5.41) is 0.658. The van der Waals surface area contributed by atoms with E-state index in [1.54, 1.807) is 12.1 Å². The zero-order valence-electron chi connectivity index (χ0n) is 8.00. The van der Waals surface area contributed by atoms with E-state index in [1.165, 1.54) is 0 Å². The van der Waals surface area contributed by atoms with E-state index in [0.717, 1.165) is 11.0 Å². The Morgan fingerprint density at radius 3 is 3.13 bits per heavy atom. The second-order valence-electron chi connectivity index (χ2n) is 3.30. The predicted octanol–water partition coefficient (Wildman–Crippen LogP) is 2.24. The molecule has 4 heteroatoms. The number of H-pyrrole nitrogens is 1. The highest BCUT2D eigenvalue weighted by atomic mass is 35.5. The Kier molecular flexibility index (Phi) is 2.63. The summed E-state index contributed by atoms with van der Waals surface area (Å²) in [5.41, 5.74) is 7.57. The van der Waals surface area contributed by atoms with Crippen molar-refractivity contribution in [3.05, 3.63) is 29.0 Å². The summed E-state index contributed by atoms with van der Waals surface area (Å²) < 4.78 is 0. The lowest BCUT2D eigenvalue weighted by Crippen LogP contribution is -2.10. The third-order valence-electron chi connectivity index (χ3n) is 2.15. The van der Waals surface area contributed by atoms with Crippen molar-refractivity contribution in [2.75, 3.05) is 0 Å². The number of benzene rings is 1. The van der Waals surface area contributed by atoms with E-state index in [1.807, 2.05) is 6.07 Å². The largest absolute Gasteiger partial charge is 0.341 e. The van der Waals surface area contributed by atoms with Crippen LogP contribution in [0.3, 0.4) is 0 Å². The molecule has 3 N–H and O–H groups in total. The average Bonchev–Trinajstić information content (AvgIpc) is 2.60. The maximum Gasteiger partial charge on any atom is 0.125 e. The average molecular weight is 220 g/mol. The van der Waals surface area contributed by atoms with Crippen LogP contribution in [-0.2, 0) is 0 Å². The number of aromatic nitrogens is 2. The van der Waals surface area contributed by atoms with Gasteiger partial charge < -0.3 is 10.7 Å². The molecular formula is C11H10ClN3. The zero-order valence-corrected chi connectivity index (χ0v) is 8.75. The number of nitrogens with one attached hydrogen (secondary N) is 1. The maximum atomic E-state index is 5.85. The van der Waals surface area contributed by atoms with E-state index in [0.29, 0.717) is 17.3 Å². The van der Waals surface area contributed by atoms with Crippen LogP contribution in [0.1, 0.15) is 18.3 Å². The second-order valence-corrected chi connectivity index (χ2v) is 3.73. The number of terminal acetylenes is 1. The van der Waals surface area contributed by atoms with Crippen LogP contribution in [0.2, 0.25) is 5.02 Å². The highest BCUT2D eigenvalue weighted by Crippen LogP contribution is 2.19. The Balaban J connectivity index is 2.43. The molecule has 0 bridgehead atoms. The molecule has 0 aliphatic rings. The van der Waals surface area contributed by atoms with Gasteiger partial charge in [-0.3, -0.25) is 0 Å². The molecule has 0 unspecified atom stereocenters. The first-order chi connectivity index (χ1) is 7.20. The molecule has 1 aromatic carbocycles. The topological polar surface area (TPSA) is 54.7 Å². The molecule has 15 heavy (non-hydrogen) atoms. The van der Waals surface area contributed by atoms with Crippen molar-refractivity contribution in [1.29, 1.82) is 0 Å². The molecule has 2 rings (SSSR count). The van der Waals surface area contributed by atoms with Crippen molar-refractivity contribution in [3.63, 3.8) is 0 Å². The fraction of sp³-hybridized carbons (Fsp3) is 0.182. The monoisotopic (exact) mass is 219 g/mol. The van der Waals surface area contributed by atoms with Gasteiger partial charge in [-0.25, -0.2) is 4.98 Å². The molecule has 1 heterocycles. The third kappa shape index (κ3) is 1.96. The second kappa shape index (κ2) is 3.93. The van der Waals surface area contributed by atoms with Crippen molar-refractivity contribution in [2.45, 2.75) is 12.5 Å². The first-order valence-corrected chi connectivity index (χ1v) is 4.92. The molecular weight excluding hydrogens is 210 g/mol. The minimum Gasteiger partial charge on any atom is -0.341 e. The quantitative estimate of drug-likeness (QED) is 0.762. The number of aromatic amines is 1. The molecule has 0 saturated carbocycles. The van der Waals surface area contributed by atoms with Gasteiger partial charge in [-0.1, -0.05) is 11.6 Å². The predicted molar refractivity (Wildman–Crippen MR) is 61.5 cm³/mol. The van der Waals surface area contributed by atoms with Gasteiger partial charge in [-0.2, -0.15) is 0 Å². The molecule has 0 aliphatic heterocycles. The Bertz CT molecular complexity index is 524. The number of nitrogens with two attached hydrogens (primary N) is 1. The van der Waals surface area contributed by atoms with E-state index in [4.69, 9.17) is 23.8 Å². The van der Waals surface area contributed by atoms with E-state index < -0.39 is 0 Å². The third-order valence-corrected chi connectivity index (χ3v) is 2.39. The molecule has 76 valence electrons. The Hall–Kier alpha value is -1.50. The van der Waals surface area contributed by atoms with E-state index in [2.05, 4.69) is 15.9 Å². The lowest BCUT2D eigenvalue weighted by atomic mass is 10.2. The van der Waals surface area contributed by atoms with Crippen molar-refractivity contribution in [1.82, 2.24) is 9.97 Å². The highest BCUT2D eigenvalue weighted by molar-refractivity contribution is 6.31. The molecule has 0 spiro atoms. The maximum absolute atomic E-state index is 5.85. The number of nitrogens with zero attached hydrogens (tertiary/aromatic N) is 1. The van der Waals surface area contributed by atoms with Crippen LogP contribution < -0.4 is 5.73 Å². The molecule has 0 fully saturated rings. The van der Waals surface area contributed by atoms with Crippen LogP contribution in [-0.4, -0.2) is 9.97 Å². The van der Waals surface area contributed by atoms with Gasteiger partial charge in [-0.15, -0.1) is 12.3 Å². The zero-order chi connectivity index (χ0) is 10.8. The molecule has 1 atom stereocenters. The minimum atomic E-state index is -0.249. The van der Waals surface area contributed by atoms with Crippen molar-refractivity contribution >= 4 is 22.6 Å². The summed E-state index contributed by atoms with van der Waals surface area (Å²) in [6.07, 6.45) is 5.66. The van der Waals surface area contributed by atoms with Gasteiger partial charge in [0.05, 0.1) is 17.1 Å². The van der Waals surface area contributed by atoms with Crippen molar-refractivity contribution in [3.8, 4) is 12.3 Å². The van der Waals surface area contributed by atoms with Gasteiger partial charge in [0.2, 0.25) is 0 Å². The number of imidazole rings is 1. The number of hydrogen-bond donors (Lipinski definition) is 2. The summed E-state index contributed by atoms with van der Waals surface area (Å²) in [4.78, 5) is 7.45. The van der Waals surface area contributed by atoms with Crippen LogP contribution in [0, 0.1) is 12.3 Å². The standard InChI is InChI=1S/C11H10ClN3/c1-2-3-8(13)11-14-9-5-4-7(12)6-10(9)15-11/h1,4-6,8H,3,13H2,(H,14,15)/t8-/m0/s1. The molecule has 3 nitrogen and oxygen atoms in total. The minimum absolute atomic E-state index is 0.249. The lowest BCUT2D eigenvalue weighted by Gasteiger charge is -2.01. The molecule has 2 aromatic rings. The molecule has 1 aromatic heterocycles. The van der Waals surface area contributed by atoms with Gasteiger partial charge in [0.25, 0.3) is 0 Å². The summed E-state index contributed by atoms with van der Waals surface area (Å²) in [5.74, 6) is 3.21. The highest BCUT2D eigenvalue weighted by Gasteiger charge is 2.09. The molecule has 0 saturated heterocycles. The van der Waals surface area contributed by atoms with Crippen LogP contribution in [0.4, 0.5) is 0 Å². The fourth-order valence-electron chi connectivity index (χ4n) is 1.40. The fourth-order valence-corrected chi connectivity index (χ4v) is 1.56. The van der Waals surface area contributed by atoms with Gasteiger partial charge in [0.15, 0.2) is 0 Å². The summed E-state index contributed by atoms with van der Waals surface area (Å²) in [6.45, 7) is 0. The van der Waals surface area contributed by atoms with Crippen LogP contribution in [0.25, 0.3) is 11.0 Å². The van der Waals surface area contributed by atoms with Crippen LogP contribution in [0.5, 0.6) is 0 Å². The van der Waals surface area contributed by atoms with Gasteiger partial charge in [-0.05, 0) is 18.2 Å². The van der Waals surface area contributed by atoms with E-state index in [9.17, 15) is 0 Å². The summed E-state index contributed by atoms with van der Waals surface area (Å²) in [6, 6.07) is 5.22. The van der Waals surface area contributed by atoms with Gasteiger partial charge in [0.1, 0.15) is 5.82 Å². The Labute approximate surface area is 92.6 Å². The summed E-state index contributed by atoms with van der Waals surface area (Å²) in [7, 11) is 0. The Morgan fingerprint density at radius 2 is 2.40 bits per heavy atom. The number of fused-ring (bicyclic) bond motifs is 1. The number of rotatable bonds is 2. The first-order valence-electron chi connectivity index (χ1n) is 4.55. The smallest absolute Gasteiger partial charge is 0.125 e. The van der Waals surface area contributed by atoms with Crippen molar-refractivity contribution < 1.29 is 0 Å². The molecule has 0 radical (unpaired) electrons. The lowest BCUT2D eigenvalue weighted by molar-refractivity contribution is 0.707. The Morgan fingerprint density at radius 1 is 1.60 bits per heavy atom. The van der Waals surface area contributed by atoms with Gasteiger partial charge in [0, 0.05) is 11.4 Å². The van der Waals surface area contributed by atoms with Crippen LogP contribution in [0.15, 0.2) is 18.2 Å². The van der Waals surface area contributed by atoms with Crippen molar-refractivity contribution in [2.24, 2.45) is 5.73 Å². The number of halogens is 1.